The van der Waals surface area contributed by atoms with E-state index < -0.39 is 0 Å². The van der Waals surface area contributed by atoms with E-state index in [1.807, 2.05) is 29.3 Å². The first-order valence-electron chi connectivity index (χ1n) is 11.6. The van der Waals surface area contributed by atoms with Gasteiger partial charge in [0, 0.05) is 62.0 Å². The standard InChI is InChI=1S/C25H33N5O2S/c1-18-13-22(28-25(33)27-18)15-24(31)30-11-12-32-23-7-6-19(14-20(23)17-30)16-29(2)10-8-21-5-3-4-9-26-21/h3-7,9,14,18,22H,8,10-13,15-17H2,1-2H3,(H2,27,28,33)/t18-,22+/m1/s1. The van der Waals surface area contributed by atoms with Gasteiger partial charge in [-0.1, -0.05) is 12.1 Å². The third-order valence-corrected chi connectivity index (χ3v) is 6.39. The zero-order valence-electron chi connectivity index (χ0n) is 19.4. The minimum absolute atomic E-state index is 0.0731. The minimum Gasteiger partial charge on any atom is -0.491 e. The molecule has 2 aliphatic heterocycles. The number of nitrogens with zero attached hydrogens (tertiary/aromatic N) is 3. The van der Waals surface area contributed by atoms with Crippen LogP contribution in [-0.4, -0.2) is 64.6 Å². The highest BCUT2D eigenvalue weighted by atomic mass is 32.1. The second-order valence-corrected chi connectivity index (χ2v) is 9.48. The van der Waals surface area contributed by atoms with Crippen LogP contribution in [0.1, 0.15) is 36.6 Å². The summed E-state index contributed by atoms with van der Waals surface area (Å²) in [4.78, 5) is 21.7. The van der Waals surface area contributed by atoms with Crippen molar-refractivity contribution in [2.45, 2.75) is 51.4 Å². The van der Waals surface area contributed by atoms with Gasteiger partial charge in [0.05, 0.1) is 6.54 Å². The predicted molar refractivity (Wildman–Crippen MR) is 133 cm³/mol. The Morgan fingerprint density at radius 2 is 2.18 bits per heavy atom. The number of fused-ring (bicyclic) bond motifs is 1. The molecule has 2 atom stereocenters. The third-order valence-electron chi connectivity index (χ3n) is 6.16. The van der Waals surface area contributed by atoms with Gasteiger partial charge in [0.25, 0.3) is 0 Å². The van der Waals surface area contributed by atoms with E-state index in [9.17, 15) is 4.79 Å². The normalized spacial score (nSPS) is 20.3. The first kappa shape index (κ1) is 23.4. The van der Waals surface area contributed by atoms with Crippen LogP contribution in [-0.2, 0) is 24.3 Å². The summed E-state index contributed by atoms with van der Waals surface area (Å²) in [5, 5.41) is 7.06. The number of thiocarbonyl (C=S) groups is 1. The number of ether oxygens (including phenoxy) is 1. The van der Waals surface area contributed by atoms with Crippen molar-refractivity contribution < 1.29 is 9.53 Å². The third kappa shape index (κ3) is 6.65. The highest BCUT2D eigenvalue weighted by molar-refractivity contribution is 7.80. The topological polar surface area (TPSA) is 69.7 Å². The number of hydrogen-bond donors (Lipinski definition) is 2. The van der Waals surface area contributed by atoms with Crippen molar-refractivity contribution >= 4 is 23.2 Å². The summed E-state index contributed by atoms with van der Waals surface area (Å²) in [7, 11) is 2.12. The zero-order chi connectivity index (χ0) is 23.2. The van der Waals surface area contributed by atoms with Crippen LogP contribution in [0.3, 0.4) is 0 Å². The maximum Gasteiger partial charge on any atom is 0.225 e. The smallest absolute Gasteiger partial charge is 0.225 e. The number of amides is 1. The van der Waals surface area contributed by atoms with Gasteiger partial charge in [-0.05, 0) is 62.4 Å². The largest absolute Gasteiger partial charge is 0.491 e. The van der Waals surface area contributed by atoms with Gasteiger partial charge >= 0.3 is 0 Å². The second-order valence-electron chi connectivity index (χ2n) is 9.07. The average molecular weight is 468 g/mol. The molecule has 2 N–H and O–H groups in total. The lowest BCUT2D eigenvalue weighted by molar-refractivity contribution is -0.132. The summed E-state index contributed by atoms with van der Waals surface area (Å²) in [6, 6.07) is 12.7. The average Bonchev–Trinajstić information content (AvgIpc) is 3.00. The van der Waals surface area contributed by atoms with Crippen molar-refractivity contribution in [2.24, 2.45) is 0 Å². The Morgan fingerprint density at radius 1 is 1.30 bits per heavy atom. The molecule has 3 heterocycles. The van der Waals surface area contributed by atoms with E-state index in [1.165, 1.54) is 5.56 Å². The van der Waals surface area contributed by atoms with E-state index in [-0.39, 0.29) is 18.0 Å². The van der Waals surface area contributed by atoms with Crippen LogP contribution in [0.15, 0.2) is 42.6 Å². The number of pyridine rings is 1. The summed E-state index contributed by atoms with van der Waals surface area (Å²) in [6.07, 6.45) is 4.07. The number of hydrogen-bond acceptors (Lipinski definition) is 5. The molecule has 176 valence electrons. The van der Waals surface area contributed by atoms with Crippen molar-refractivity contribution in [3.63, 3.8) is 0 Å². The number of likely N-dealkylation sites (N-methyl/N-ethyl adjacent to an activating group) is 1. The molecule has 1 saturated heterocycles. The summed E-state index contributed by atoms with van der Waals surface area (Å²) in [6.45, 7) is 5.54. The fraction of sp³-hybridized carbons (Fsp3) is 0.480. The van der Waals surface area contributed by atoms with Crippen molar-refractivity contribution in [3.05, 3.63) is 59.4 Å². The van der Waals surface area contributed by atoms with Gasteiger partial charge in [-0.15, -0.1) is 0 Å². The van der Waals surface area contributed by atoms with Crippen LogP contribution in [0.5, 0.6) is 5.75 Å². The lowest BCUT2D eigenvalue weighted by Crippen LogP contribution is -2.54. The quantitative estimate of drug-likeness (QED) is 0.607. The van der Waals surface area contributed by atoms with Crippen LogP contribution in [0.4, 0.5) is 0 Å². The van der Waals surface area contributed by atoms with Gasteiger partial charge < -0.3 is 25.2 Å². The highest BCUT2D eigenvalue weighted by Crippen LogP contribution is 2.25. The van der Waals surface area contributed by atoms with Gasteiger partial charge in [-0.3, -0.25) is 9.78 Å². The molecule has 8 heteroatoms. The lowest BCUT2D eigenvalue weighted by Gasteiger charge is -2.32. The van der Waals surface area contributed by atoms with Gasteiger partial charge in [-0.2, -0.15) is 0 Å². The van der Waals surface area contributed by atoms with Crippen molar-refractivity contribution in [1.82, 2.24) is 25.4 Å². The summed E-state index contributed by atoms with van der Waals surface area (Å²) >= 11 is 5.26. The van der Waals surface area contributed by atoms with Crippen LogP contribution in [0, 0.1) is 0 Å². The van der Waals surface area contributed by atoms with Crippen LogP contribution in [0.2, 0.25) is 0 Å². The SMILES string of the molecule is C[C@@H]1C[C@@H](CC(=O)N2CCOc3ccc(CN(C)CCc4ccccn4)cc3C2)NC(=S)N1. The zero-order valence-corrected chi connectivity index (χ0v) is 20.2. The van der Waals surface area contributed by atoms with E-state index in [4.69, 9.17) is 17.0 Å². The summed E-state index contributed by atoms with van der Waals surface area (Å²) < 4.78 is 5.96. The number of carbonyl (C=O) groups is 1. The van der Waals surface area contributed by atoms with Gasteiger partial charge in [0.1, 0.15) is 12.4 Å². The molecule has 0 radical (unpaired) electrons. The van der Waals surface area contributed by atoms with Gasteiger partial charge in [-0.25, -0.2) is 0 Å². The van der Waals surface area contributed by atoms with Crippen LogP contribution in [0.25, 0.3) is 0 Å². The fourth-order valence-electron chi connectivity index (χ4n) is 4.47. The van der Waals surface area contributed by atoms with E-state index in [1.54, 1.807) is 0 Å². The molecule has 7 nitrogen and oxygen atoms in total. The van der Waals surface area contributed by atoms with Gasteiger partial charge in [0.15, 0.2) is 5.11 Å². The Morgan fingerprint density at radius 3 is 2.97 bits per heavy atom. The number of benzene rings is 1. The Bertz CT molecular complexity index is 971. The number of aromatic nitrogens is 1. The molecule has 1 fully saturated rings. The Labute approximate surface area is 201 Å². The van der Waals surface area contributed by atoms with E-state index in [2.05, 4.69) is 52.7 Å². The van der Waals surface area contributed by atoms with Crippen molar-refractivity contribution in [3.8, 4) is 5.75 Å². The molecule has 0 bridgehead atoms. The minimum atomic E-state index is 0.0731. The highest BCUT2D eigenvalue weighted by Gasteiger charge is 2.27. The molecule has 0 saturated carbocycles. The molecule has 0 spiro atoms. The maximum atomic E-state index is 13.1. The molecule has 0 unspecified atom stereocenters. The molecular weight excluding hydrogens is 434 g/mol. The molecule has 4 rings (SSSR count). The summed E-state index contributed by atoms with van der Waals surface area (Å²) in [5.41, 5.74) is 3.39. The molecular formula is C25H33N5O2S. The number of rotatable bonds is 7. The van der Waals surface area contributed by atoms with E-state index in [0.29, 0.717) is 31.2 Å². The second kappa shape index (κ2) is 10.9. The van der Waals surface area contributed by atoms with Crippen molar-refractivity contribution in [1.29, 1.82) is 0 Å². The molecule has 1 aromatic heterocycles. The molecule has 1 amide bonds. The molecule has 2 aliphatic rings. The monoisotopic (exact) mass is 467 g/mol. The Hall–Kier alpha value is -2.71. The Balaban J connectivity index is 1.35. The van der Waals surface area contributed by atoms with Crippen molar-refractivity contribution in [2.75, 3.05) is 26.7 Å². The maximum absolute atomic E-state index is 13.1. The molecule has 1 aromatic carbocycles. The van der Waals surface area contributed by atoms with Crippen LogP contribution < -0.4 is 15.4 Å². The Kier molecular flexibility index (Phi) is 7.77. The first-order valence-corrected chi connectivity index (χ1v) is 12.0. The van der Waals surface area contributed by atoms with Gasteiger partial charge in [0.2, 0.25) is 5.91 Å². The number of nitrogens with one attached hydrogen (secondary N) is 2. The summed E-state index contributed by atoms with van der Waals surface area (Å²) in [5.74, 6) is 1.01. The number of carbonyl (C=O) groups excluding carboxylic acids is 1. The van der Waals surface area contributed by atoms with Crippen LogP contribution >= 0.6 is 12.2 Å². The molecule has 33 heavy (non-hydrogen) atoms. The molecule has 2 aromatic rings. The predicted octanol–water partition coefficient (Wildman–Crippen LogP) is 2.49. The lowest BCUT2D eigenvalue weighted by atomic mass is 10.0. The molecule has 0 aliphatic carbocycles. The first-order chi connectivity index (χ1) is 16.0. The van der Waals surface area contributed by atoms with E-state index >= 15 is 0 Å². The van der Waals surface area contributed by atoms with E-state index in [0.717, 1.165) is 42.9 Å². The fourth-order valence-corrected chi connectivity index (χ4v) is 4.84.